The van der Waals surface area contributed by atoms with Crippen molar-refractivity contribution in [2.24, 2.45) is 0 Å². The number of anilines is 1. The molecule has 2 rings (SSSR count). The number of benzene rings is 1. The van der Waals surface area contributed by atoms with Gasteiger partial charge in [-0.1, -0.05) is 61.5 Å². The van der Waals surface area contributed by atoms with Crippen LogP contribution < -0.4 is 10.2 Å². The summed E-state index contributed by atoms with van der Waals surface area (Å²) in [6.07, 6.45) is 5.68. The Balaban J connectivity index is 1.90. The highest BCUT2D eigenvalue weighted by atomic mass is 35.5. The van der Waals surface area contributed by atoms with E-state index in [1.807, 2.05) is 41.3 Å². The fraction of sp³-hybridized carbons (Fsp3) is 0.444. The molecular formula is C27H38ClN5OS. The van der Waals surface area contributed by atoms with Crippen molar-refractivity contribution in [3.63, 3.8) is 0 Å². The van der Waals surface area contributed by atoms with Crippen LogP contribution in [0.15, 0.2) is 60.8 Å². The molecule has 1 amide bonds. The predicted octanol–water partition coefficient (Wildman–Crippen LogP) is 5.84. The molecule has 0 bridgehead atoms. The number of hydrogen-bond donors (Lipinski definition) is 1. The Kier molecular flexibility index (Phi) is 12.9. The summed E-state index contributed by atoms with van der Waals surface area (Å²) >= 11 is 7.75. The van der Waals surface area contributed by atoms with E-state index in [9.17, 15) is 4.79 Å². The van der Waals surface area contributed by atoms with Gasteiger partial charge in [-0.2, -0.15) is 0 Å². The van der Waals surface area contributed by atoms with E-state index in [-0.39, 0.29) is 11.9 Å². The highest BCUT2D eigenvalue weighted by molar-refractivity contribution is 7.98. The molecule has 1 atom stereocenters. The maximum Gasteiger partial charge on any atom is 0.251 e. The van der Waals surface area contributed by atoms with Crippen molar-refractivity contribution in [1.82, 2.24) is 20.2 Å². The SMILES string of the molecule is C=CCN(CC=C)c1cc(Cl)nc(SCc2ccc(C(=O)NC(C)CCCN(CC)CC)cc2)n1. The van der Waals surface area contributed by atoms with Crippen LogP contribution in [0.5, 0.6) is 0 Å². The monoisotopic (exact) mass is 515 g/mol. The Morgan fingerprint density at radius 2 is 1.80 bits per heavy atom. The van der Waals surface area contributed by atoms with Crippen LogP contribution in [-0.2, 0) is 5.75 Å². The Morgan fingerprint density at radius 3 is 2.40 bits per heavy atom. The van der Waals surface area contributed by atoms with Crippen LogP contribution in [0.25, 0.3) is 0 Å². The summed E-state index contributed by atoms with van der Waals surface area (Å²) in [4.78, 5) is 26.0. The van der Waals surface area contributed by atoms with Gasteiger partial charge < -0.3 is 15.1 Å². The van der Waals surface area contributed by atoms with Gasteiger partial charge in [0.25, 0.3) is 5.91 Å². The fourth-order valence-electron chi connectivity index (χ4n) is 3.63. The minimum Gasteiger partial charge on any atom is -0.350 e. The van der Waals surface area contributed by atoms with Gasteiger partial charge >= 0.3 is 0 Å². The van der Waals surface area contributed by atoms with E-state index < -0.39 is 0 Å². The third kappa shape index (κ3) is 10.0. The van der Waals surface area contributed by atoms with Crippen molar-refractivity contribution in [2.45, 2.75) is 50.6 Å². The fourth-order valence-corrected chi connectivity index (χ4v) is 4.66. The lowest BCUT2D eigenvalue weighted by Crippen LogP contribution is -2.33. The third-order valence-corrected chi connectivity index (χ3v) is 6.76. The average Bonchev–Trinajstić information content (AvgIpc) is 2.85. The van der Waals surface area contributed by atoms with E-state index in [4.69, 9.17) is 11.6 Å². The molecule has 0 aliphatic rings. The summed E-state index contributed by atoms with van der Waals surface area (Å²) in [7, 11) is 0. The first-order valence-electron chi connectivity index (χ1n) is 12.2. The molecule has 0 fully saturated rings. The molecular weight excluding hydrogens is 478 g/mol. The lowest BCUT2D eigenvalue weighted by atomic mass is 10.1. The zero-order chi connectivity index (χ0) is 25.6. The zero-order valence-corrected chi connectivity index (χ0v) is 22.7. The van der Waals surface area contributed by atoms with Gasteiger partial charge in [-0.25, -0.2) is 9.97 Å². The molecule has 6 nitrogen and oxygen atoms in total. The van der Waals surface area contributed by atoms with Crippen molar-refractivity contribution < 1.29 is 4.79 Å². The molecule has 1 unspecified atom stereocenters. The molecule has 8 heteroatoms. The quantitative estimate of drug-likeness (QED) is 0.131. The second-order valence-electron chi connectivity index (χ2n) is 8.34. The Labute approximate surface area is 219 Å². The molecule has 0 radical (unpaired) electrons. The molecule has 1 N–H and O–H groups in total. The van der Waals surface area contributed by atoms with Gasteiger partial charge in [-0.3, -0.25) is 4.79 Å². The second kappa shape index (κ2) is 15.6. The number of aromatic nitrogens is 2. The van der Waals surface area contributed by atoms with Gasteiger partial charge in [0.05, 0.1) is 0 Å². The van der Waals surface area contributed by atoms with Gasteiger partial charge in [0.2, 0.25) is 0 Å². The first-order valence-corrected chi connectivity index (χ1v) is 13.5. The van der Waals surface area contributed by atoms with Gasteiger partial charge in [0.1, 0.15) is 11.0 Å². The van der Waals surface area contributed by atoms with Crippen molar-refractivity contribution in [3.8, 4) is 0 Å². The molecule has 0 saturated heterocycles. The molecule has 0 aliphatic heterocycles. The minimum absolute atomic E-state index is 0.0353. The van der Waals surface area contributed by atoms with Crippen molar-refractivity contribution in [1.29, 1.82) is 0 Å². The largest absolute Gasteiger partial charge is 0.350 e. The molecule has 0 aliphatic carbocycles. The summed E-state index contributed by atoms with van der Waals surface area (Å²) in [6.45, 7) is 18.5. The molecule has 1 aromatic heterocycles. The van der Waals surface area contributed by atoms with Crippen molar-refractivity contribution in [3.05, 3.63) is 71.9 Å². The smallest absolute Gasteiger partial charge is 0.251 e. The van der Waals surface area contributed by atoms with Crippen molar-refractivity contribution in [2.75, 3.05) is 37.6 Å². The Bertz CT molecular complexity index is 939. The van der Waals surface area contributed by atoms with Crippen LogP contribution in [0.2, 0.25) is 5.15 Å². The van der Waals surface area contributed by atoms with Crippen LogP contribution in [0.3, 0.4) is 0 Å². The van der Waals surface area contributed by atoms with Crippen molar-refractivity contribution >= 4 is 35.1 Å². The van der Waals surface area contributed by atoms with Crippen LogP contribution in [-0.4, -0.2) is 59.5 Å². The number of nitrogens with one attached hydrogen (secondary N) is 1. The highest BCUT2D eigenvalue weighted by Crippen LogP contribution is 2.25. The maximum absolute atomic E-state index is 12.6. The molecule has 1 heterocycles. The summed E-state index contributed by atoms with van der Waals surface area (Å²) < 4.78 is 0. The number of thioether (sulfide) groups is 1. The number of nitrogens with zero attached hydrogens (tertiary/aromatic N) is 4. The predicted molar refractivity (Wildman–Crippen MR) is 150 cm³/mol. The maximum atomic E-state index is 12.6. The number of amides is 1. The Hall–Kier alpha value is -2.35. The summed E-state index contributed by atoms with van der Waals surface area (Å²) in [5.41, 5.74) is 1.75. The first kappa shape index (κ1) is 28.9. The van der Waals surface area contributed by atoms with E-state index >= 15 is 0 Å². The minimum atomic E-state index is -0.0353. The molecule has 1 aromatic carbocycles. The molecule has 2 aromatic rings. The first-order chi connectivity index (χ1) is 16.9. The van der Waals surface area contributed by atoms with Gasteiger partial charge in [0.15, 0.2) is 5.16 Å². The van der Waals surface area contributed by atoms with E-state index in [0.717, 1.165) is 43.9 Å². The number of carbonyl (C=O) groups is 1. The average molecular weight is 516 g/mol. The zero-order valence-electron chi connectivity index (χ0n) is 21.2. The van der Waals surface area contributed by atoms with E-state index in [2.05, 4.69) is 54.1 Å². The number of hydrogen-bond acceptors (Lipinski definition) is 6. The Morgan fingerprint density at radius 1 is 1.14 bits per heavy atom. The third-order valence-electron chi connectivity index (χ3n) is 5.65. The van der Waals surface area contributed by atoms with E-state index in [1.165, 1.54) is 11.8 Å². The normalized spacial score (nSPS) is 11.8. The lowest BCUT2D eigenvalue weighted by molar-refractivity contribution is 0.0937. The van der Waals surface area contributed by atoms with Gasteiger partial charge in [-0.05, 0) is 57.1 Å². The highest BCUT2D eigenvalue weighted by Gasteiger charge is 2.12. The van der Waals surface area contributed by atoms with Crippen LogP contribution in [0.1, 0.15) is 49.5 Å². The van der Waals surface area contributed by atoms with Crippen LogP contribution in [0.4, 0.5) is 5.82 Å². The molecule has 0 spiro atoms. The molecule has 0 saturated carbocycles. The second-order valence-corrected chi connectivity index (χ2v) is 9.67. The van der Waals surface area contributed by atoms with Crippen LogP contribution in [0, 0.1) is 0 Å². The van der Waals surface area contributed by atoms with E-state index in [1.54, 1.807) is 6.07 Å². The summed E-state index contributed by atoms with van der Waals surface area (Å²) in [5.74, 6) is 1.38. The number of rotatable bonds is 16. The molecule has 190 valence electrons. The standard InChI is InChI=1S/C27H38ClN5OS/c1-6-16-33(17-7-2)25-19-24(28)30-27(31-25)35-20-22-12-14-23(15-13-22)26(34)29-21(5)11-10-18-32(8-3)9-4/h6-7,12-15,19,21H,1-2,8-11,16-18,20H2,3-5H3,(H,29,34). The van der Waals surface area contributed by atoms with E-state index in [0.29, 0.717) is 34.7 Å². The summed E-state index contributed by atoms with van der Waals surface area (Å²) in [5, 5.41) is 4.11. The molecule has 35 heavy (non-hydrogen) atoms. The summed E-state index contributed by atoms with van der Waals surface area (Å²) in [6, 6.07) is 9.57. The number of halogens is 1. The van der Waals surface area contributed by atoms with Gasteiger partial charge in [0, 0.05) is 36.5 Å². The van der Waals surface area contributed by atoms with Gasteiger partial charge in [-0.15, -0.1) is 13.2 Å². The van der Waals surface area contributed by atoms with Crippen LogP contribution >= 0.6 is 23.4 Å². The topological polar surface area (TPSA) is 61.4 Å². The number of carbonyl (C=O) groups excluding carboxylic acids is 1. The lowest BCUT2D eigenvalue weighted by Gasteiger charge is -2.20.